The van der Waals surface area contributed by atoms with E-state index in [2.05, 4.69) is 54.2 Å². The SMILES string of the molecule is CC(C)c1ccc2c(c1)[C@H]1OCCO[C@H]1[C@H](c1ccsc1)N2. The molecule has 0 aliphatic carbocycles. The second-order valence-corrected chi connectivity index (χ2v) is 7.09. The lowest BCUT2D eigenvalue weighted by Gasteiger charge is -2.43. The van der Waals surface area contributed by atoms with Gasteiger partial charge in [0.2, 0.25) is 0 Å². The Labute approximate surface area is 135 Å². The third-order valence-corrected chi connectivity index (χ3v) is 5.28. The Hall–Kier alpha value is -1.36. The van der Waals surface area contributed by atoms with Crippen LogP contribution in [0.1, 0.15) is 48.6 Å². The summed E-state index contributed by atoms with van der Waals surface area (Å²) in [6.07, 6.45) is 0.0619. The second-order valence-electron chi connectivity index (χ2n) is 6.31. The number of benzene rings is 1. The first kappa shape index (κ1) is 14.2. The number of hydrogen-bond acceptors (Lipinski definition) is 4. The van der Waals surface area contributed by atoms with Crippen LogP contribution in [0.2, 0.25) is 0 Å². The Balaban J connectivity index is 1.77. The van der Waals surface area contributed by atoms with Gasteiger partial charge < -0.3 is 14.8 Å². The smallest absolute Gasteiger partial charge is 0.113 e. The third-order valence-electron chi connectivity index (χ3n) is 4.58. The van der Waals surface area contributed by atoms with Crippen molar-refractivity contribution in [3.63, 3.8) is 0 Å². The maximum absolute atomic E-state index is 6.11. The lowest BCUT2D eigenvalue weighted by Crippen LogP contribution is -2.43. The minimum Gasteiger partial charge on any atom is -0.375 e. The summed E-state index contributed by atoms with van der Waals surface area (Å²) in [6, 6.07) is 9.02. The Morgan fingerprint density at radius 3 is 2.82 bits per heavy atom. The lowest BCUT2D eigenvalue weighted by atomic mass is 9.86. The number of nitrogens with one attached hydrogen (secondary N) is 1. The van der Waals surface area contributed by atoms with E-state index < -0.39 is 0 Å². The monoisotopic (exact) mass is 315 g/mol. The maximum Gasteiger partial charge on any atom is 0.113 e. The summed E-state index contributed by atoms with van der Waals surface area (Å²) in [7, 11) is 0. The van der Waals surface area contributed by atoms with Crippen LogP contribution in [0.15, 0.2) is 35.0 Å². The molecule has 0 saturated carbocycles. The molecule has 3 nitrogen and oxygen atoms in total. The second kappa shape index (κ2) is 5.69. The quantitative estimate of drug-likeness (QED) is 0.885. The van der Waals surface area contributed by atoms with E-state index >= 15 is 0 Å². The topological polar surface area (TPSA) is 30.5 Å². The predicted molar refractivity (Wildman–Crippen MR) is 89.6 cm³/mol. The minimum atomic E-state index is 0.0219. The summed E-state index contributed by atoms with van der Waals surface area (Å²) in [5, 5.41) is 7.98. The van der Waals surface area contributed by atoms with Crippen LogP contribution < -0.4 is 5.32 Å². The summed E-state index contributed by atoms with van der Waals surface area (Å²) >= 11 is 1.72. The van der Waals surface area contributed by atoms with Gasteiger partial charge in [0.25, 0.3) is 0 Å². The standard InChI is InChI=1S/C18H21NO2S/c1-11(2)12-3-4-15-14(9-12)17-18(21-7-6-20-17)16(19-15)13-5-8-22-10-13/h3-5,8-11,16-19H,6-7H2,1-2H3/t16-,17+,18-/m0/s1. The molecular weight excluding hydrogens is 294 g/mol. The Morgan fingerprint density at radius 2 is 2.05 bits per heavy atom. The molecule has 1 saturated heterocycles. The molecule has 2 aliphatic heterocycles. The number of thiophene rings is 1. The molecule has 1 fully saturated rings. The van der Waals surface area contributed by atoms with Crippen molar-refractivity contribution < 1.29 is 9.47 Å². The van der Waals surface area contributed by atoms with E-state index in [0.717, 1.165) is 0 Å². The van der Waals surface area contributed by atoms with E-state index in [-0.39, 0.29) is 18.2 Å². The molecule has 116 valence electrons. The van der Waals surface area contributed by atoms with Gasteiger partial charge in [-0.05, 0) is 39.9 Å². The number of hydrogen-bond donors (Lipinski definition) is 1. The van der Waals surface area contributed by atoms with Crippen molar-refractivity contribution in [1.82, 2.24) is 0 Å². The fourth-order valence-electron chi connectivity index (χ4n) is 3.36. The van der Waals surface area contributed by atoms with Crippen molar-refractivity contribution in [2.75, 3.05) is 18.5 Å². The summed E-state index contributed by atoms with van der Waals surface area (Å²) in [4.78, 5) is 0. The molecule has 0 unspecified atom stereocenters. The molecule has 3 atom stereocenters. The highest BCUT2D eigenvalue weighted by molar-refractivity contribution is 7.08. The number of ether oxygens (including phenoxy) is 2. The van der Waals surface area contributed by atoms with Crippen LogP contribution in [0.5, 0.6) is 0 Å². The van der Waals surface area contributed by atoms with Crippen LogP contribution in [0.4, 0.5) is 5.69 Å². The predicted octanol–water partition coefficient (Wildman–Crippen LogP) is 4.49. The van der Waals surface area contributed by atoms with Gasteiger partial charge in [0, 0.05) is 11.3 Å². The van der Waals surface area contributed by atoms with Crippen molar-refractivity contribution >= 4 is 17.0 Å². The van der Waals surface area contributed by atoms with Crippen LogP contribution in [0.25, 0.3) is 0 Å². The number of anilines is 1. The van der Waals surface area contributed by atoms with Gasteiger partial charge in [-0.3, -0.25) is 0 Å². The molecule has 1 N–H and O–H groups in total. The molecular formula is C18H21NO2S. The first-order chi connectivity index (χ1) is 10.7. The summed E-state index contributed by atoms with van der Waals surface area (Å²) < 4.78 is 12.2. The third kappa shape index (κ3) is 2.35. The fraction of sp³-hybridized carbons (Fsp3) is 0.444. The van der Waals surface area contributed by atoms with Crippen molar-refractivity contribution in [2.24, 2.45) is 0 Å². The molecule has 2 aliphatic rings. The van der Waals surface area contributed by atoms with Gasteiger partial charge in [-0.2, -0.15) is 11.3 Å². The van der Waals surface area contributed by atoms with E-state index in [4.69, 9.17) is 9.47 Å². The molecule has 0 radical (unpaired) electrons. The highest BCUT2D eigenvalue weighted by Gasteiger charge is 2.41. The first-order valence-corrected chi connectivity index (χ1v) is 8.84. The van der Waals surface area contributed by atoms with Crippen molar-refractivity contribution in [3.8, 4) is 0 Å². The molecule has 1 aromatic carbocycles. The zero-order chi connectivity index (χ0) is 15.1. The van der Waals surface area contributed by atoms with E-state index in [1.165, 1.54) is 22.4 Å². The van der Waals surface area contributed by atoms with Gasteiger partial charge in [0.1, 0.15) is 12.2 Å². The number of fused-ring (bicyclic) bond motifs is 3. The van der Waals surface area contributed by atoms with Gasteiger partial charge in [-0.15, -0.1) is 0 Å². The molecule has 3 heterocycles. The molecule has 2 aromatic rings. The van der Waals surface area contributed by atoms with Gasteiger partial charge in [-0.1, -0.05) is 26.0 Å². The molecule has 1 aromatic heterocycles. The zero-order valence-electron chi connectivity index (χ0n) is 12.9. The van der Waals surface area contributed by atoms with Crippen LogP contribution >= 0.6 is 11.3 Å². The Kier molecular flexibility index (Phi) is 3.68. The minimum absolute atomic E-state index is 0.0219. The average molecular weight is 315 g/mol. The zero-order valence-corrected chi connectivity index (χ0v) is 13.7. The number of rotatable bonds is 2. The van der Waals surface area contributed by atoms with Crippen molar-refractivity contribution in [2.45, 2.75) is 38.0 Å². The van der Waals surface area contributed by atoms with Crippen molar-refractivity contribution in [1.29, 1.82) is 0 Å². The van der Waals surface area contributed by atoms with E-state index in [1.54, 1.807) is 11.3 Å². The van der Waals surface area contributed by atoms with Gasteiger partial charge in [-0.25, -0.2) is 0 Å². The highest BCUT2D eigenvalue weighted by atomic mass is 32.1. The van der Waals surface area contributed by atoms with E-state index in [9.17, 15) is 0 Å². The van der Waals surface area contributed by atoms with Crippen LogP contribution in [0, 0.1) is 0 Å². The largest absolute Gasteiger partial charge is 0.375 e. The van der Waals surface area contributed by atoms with Gasteiger partial charge >= 0.3 is 0 Å². The Bertz CT molecular complexity index is 653. The molecule has 0 bridgehead atoms. The van der Waals surface area contributed by atoms with Crippen LogP contribution in [-0.2, 0) is 9.47 Å². The molecule has 0 amide bonds. The lowest BCUT2D eigenvalue weighted by molar-refractivity contribution is -0.151. The van der Waals surface area contributed by atoms with E-state index in [0.29, 0.717) is 19.1 Å². The fourth-order valence-corrected chi connectivity index (χ4v) is 4.06. The maximum atomic E-state index is 6.11. The molecule has 22 heavy (non-hydrogen) atoms. The summed E-state index contributed by atoms with van der Waals surface area (Å²) in [6.45, 7) is 5.79. The first-order valence-electron chi connectivity index (χ1n) is 7.89. The average Bonchev–Trinajstić information content (AvgIpc) is 3.08. The highest BCUT2D eigenvalue weighted by Crippen LogP contribution is 2.45. The molecule has 4 rings (SSSR count). The van der Waals surface area contributed by atoms with Crippen molar-refractivity contribution in [3.05, 3.63) is 51.7 Å². The van der Waals surface area contributed by atoms with Crippen LogP contribution in [0.3, 0.4) is 0 Å². The van der Waals surface area contributed by atoms with Crippen LogP contribution in [-0.4, -0.2) is 19.3 Å². The Morgan fingerprint density at radius 1 is 1.18 bits per heavy atom. The molecule has 4 heteroatoms. The summed E-state index contributed by atoms with van der Waals surface area (Å²) in [5.41, 5.74) is 5.04. The molecule has 0 spiro atoms. The van der Waals surface area contributed by atoms with Gasteiger partial charge in [0.05, 0.1) is 19.3 Å². The van der Waals surface area contributed by atoms with E-state index in [1.807, 2.05) is 0 Å². The normalized spacial score (nSPS) is 27.1. The van der Waals surface area contributed by atoms with Gasteiger partial charge in [0.15, 0.2) is 0 Å². The summed E-state index contributed by atoms with van der Waals surface area (Å²) in [5.74, 6) is 0.517.